The Bertz CT molecular complexity index is 559. The van der Waals surface area contributed by atoms with E-state index in [0.29, 0.717) is 21.7 Å². The molecule has 0 fully saturated rings. The summed E-state index contributed by atoms with van der Waals surface area (Å²) in [6.07, 6.45) is 0. The first-order chi connectivity index (χ1) is 7.99. The van der Waals surface area contributed by atoms with Crippen molar-refractivity contribution >= 4 is 29.0 Å². The Morgan fingerprint density at radius 3 is 2.41 bits per heavy atom. The Morgan fingerprint density at radius 2 is 1.82 bits per heavy atom. The van der Waals surface area contributed by atoms with E-state index in [4.69, 9.17) is 28.9 Å². The lowest BCUT2D eigenvalue weighted by Gasteiger charge is -2.11. The van der Waals surface area contributed by atoms with Crippen LogP contribution in [0.3, 0.4) is 0 Å². The molecule has 0 radical (unpaired) electrons. The SMILES string of the molecule is Cc1nc(C)c(-c2ccc(Cl)cc2Cl)c(N)n1. The normalized spacial score (nSPS) is 10.6. The predicted octanol–water partition coefficient (Wildman–Crippen LogP) is 3.65. The van der Waals surface area contributed by atoms with Gasteiger partial charge in [0, 0.05) is 16.1 Å². The Hall–Kier alpha value is -1.32. The molecule has 0 spiro atoms. The smallest absolute Gasteiger partial charge is 0.135 e. The van der Waals surface area contributed by atoms with Gasteiger partial charge in [-0.05, 0) is 26.0 Å². The van der Waals surface area contributed by atoms with Gasteiger partial charge in [-0.1, -0.05) is 29.3 Å². The molecule has 0 aliphatic rings. The average Bonchev–Trinajstić information content (AvgIpc) is 2.19. The Balaban J connectivity index is 2.68. The molecule has 0 unspecified atom stereocenters. The molecule has 0 saturated carbocycles. The van der Waals surface area contributed by atoms with Crippen LogP contribution in [0.15, 0.2) is 18.2 Å². The third-order valence-electron chi connectivity index (χ3n) is 2.43. The zero-order valence-electron chi connectivity index (χ0n) is 9.46. The van der Waals surface area contributed by atoms with Crippen LogP contribution < -0.4 is 5.73 Å². The molecule has 1 aromatic heterocycles. The molecule has 2 rings (SSSR count). The molecular formula is C12H11Cl2N3. The van der Waals surface area contributed by atoms with Crippen molar-refractivity contribution < 1.29 is 0 Å². The Labute approximate surface area is 110 Å². The largest absolute Gasteiger partial charge is 0.383 e. The van der Waals surface area contributed by atoms with E-state index < -0.39 is 0 Å². The zero-order chi connectivity index (χ0) is 12.6. The molecule has 3 nitrogen and oxygen atoms in total. The van der Waals surface area contributed by atoms with E-state index in [1.807, 2.05) is 13.0 Å². The van der Waals surface area contributed by atoms with E-state index in [-0.39, 0.29) is 0 Å². The van der Waals surface area contributed by atoms with Gasteiger partial charge in [-0.15, -0.1) is 0 Å². The van der Waals surface area contributed by atoms with Crippen LogP contribution in [0.1, 0.15) is 11.5 Å². The first-order valence-electron chi connectivity index (χ1n) is 5.05. The van der Waals surface area contributed by atoms with E-state index >= 15 is 0 Å². The summed E-state index contributed by atoms with van der Waals surface area (Å²) in [6, 6.07) is 5.26. The molecule has 17 heavy (non-hydrogen) atoms. The number of aromatic nitrogens is 2. The van der Waals surface area contributed by atoms with Crippen molar-refractivity contribution in [3.63, 3.8) is 0 Å². The van der Waals surface area contributed by atoms with Crippen LogP contribution in [0.25, 0.3) is 11.1 Å². The van der Waals surface area contributed by atoms with Crippen LogP contribution >= 0.6 is 23.2 Å². The number of rotatable bonds is 1. The van der Waals surface area contributed by atoms with Gasteiger partial charge in [-0.3, -0.25) is 0 Å². The number of aryl methyl sites for hydroxylation is 2. The maximum Gasteiger partial charge on any atom is 0.135 e. The van der Waals surface area contributed by atoms with E-state index in [1.54, 1.807) is 19.1 Å². The summed E-state index contributed by atoms with van der Waals surface area (Å²) in [4.78, 5) is 8.44. The molecular weight excluding hydrogens is 257 g/mol. The molecule has 2 aromatic rings. The van der Waals surface area contributed by atoms with Gasteiger partial charge in [0.1, 0.15) is 11.6 Å². The highest BCUT2D eigenvalue weighted by molar-refractivity contribution is 6.36. The van der Waals surface area contributed by atoms with Crippen molar-refractivity contribution in [2.45, 2.75) is 13.8 Å². The standard InChI is InChI=1S/C12H11Cl2N3/c1-6-11(12(15)17-7(2)16-6)9-4-3-8(13)5-10(9)14/h3-5H,1-2H3,(H2,15,16,17). The van der Waals surface area contributed by atoms with Gasteiger partial charge in [0.2, 0.25) is 0 Å². The van der Waals surface area contributed by atoms with E-state index in [9.17, 15) is 0 Å². The molecule has 0 amide bonds. The van der Waals surface area contributed by atoms with Gasteiger partial charge in [0.05, 0.1) is 10.7 Å². The number of halogens is 2. The summed E-state index contributed by atoms with van der Waals surface area (Å²) in [6.45, 7) is 3.68. The second kappa shape index (κ2) is 4.51. The fourth-order valence-electron chi connectivity index (χ4n) is 1.76. The molecule has 0 bridgehead atoms. The number of hydrogen-bond acceptors (Lipinski definition) is 3. The number of anilines is 1. The van der Waals surface area contributed by atoms with Crippen LogP contribution in [0.4, 0.5) is 5.82 Å². The second-order valence-corrected chi connectivity index (χ2v) is 4.58. The first-order valence-corrected chi connectivity index (χ1v) is 5.81. The number of nitrogen functional groups attached to an aromatic ring is 1. The van der Waals surface area contributed by atoms with Gasteiger partial charge in [0.25, 0.3) is 0 Å². The third-order valence-corrected chi connectivity index (χ3v) is 2.98. The van der Waals surface area contributed by atoms with Crippen molar-refractivity contribution in [2.24, 2.45) is 0 Å². The topological polar surface area (TPSA) is 51.8 Å². The van der Waals surface area contributed by atoms with Crippen molar-refractivity contribution in [1.82, 2.24) is 9.97 Å². The van der Waals surface area contributed by atoms with Crippen LogP contribution in [0.2, 0.25) is 10.0 Å². The van der Waals surface area contributed by atoms with Crippen LogP contribution in [-0.4, -0.2) is 9.97 Å². The van der Waals surface area contributed by atoms with Crippen LogP contribution in [-0.2, 0) is 0 Å². The summed E-state index contributed by atoms with van der Waals surface area (Å²) >= 11 is 12.0. The molecule has 5 heteroatoms. The van der Waals surface area contributed by atoms with Crippen molar-refractivity contribution in [3.8, 4) is 11.1 Å². The predicted molar refractivity (Wildman–Crippen MR) is 71.4 cm³/mol. The molecule has 0 aliphatic heterocycles. The van der Waals surface area contributed by atoms with Gasteiger partial charge in [-0.25, -0.2) is 9.97 Å². The minimum atomic E-state index is 0.430. The first kappa shape index (κ1) is 12.1. The molecule has 2 N–H and O–H groups in total. The van der Waals surface area contributed by atoms with E-state index in [0.717, 1.165) is 16.8 Å². The van der Waals surface area contributed by atoms with Crippen LogP contribution in [0.5, 0.6) is 0 Å². The lowest BCUT2D eigenvalue weighted by atomic mass is 10.0. The van der Waals surface area contributed by atoms with Crippen molar-refractivity contribution in [1.29, 1.82) is 0 Å². The highest BCUT2D eigenvalue weighted by atomic mass is 35.5. The van der Waals surface area contributed by atoms with Crippen molar-refractivity contribution in [3.05, 3.63) is 39.8 Å². The third kappa shape index (κ3) is 2.35. The second-order valence-electron chi connectivity index (χ2n) is 3.74. The molecule has 0 atom stereocenters. The fraction of sp³-hybridized carbons (Fsp3) is 0.167. The summed E-state index contributed by atoms with van der Waals surface area (Å²) in [7, 11) is 0. The highest BCUT2D eigenvalue weighted by Crippen LogP contribution is 2.34. The molecule has 1 aromatic carbocycles. The number of hydrogen-bond donors (Lipinski definition) is 1. The Morgan fingerprint density at radius 1 is 1.12 bits per heavy atom. The highest BCUT2D eigenvalue weighted by Gasteiger charge is 2.13. The number of nitrogens with zero attached hydrogens (tertiary/aromatic N) is 2. The van der Waals surface area contributed by atoms with Gasteiger partial charge >= 0.3 is 0 Å². The van der Waals surface area contributed by atoms with Crippen molar-refractivity contribution in [2.75, 3.05) is 5.73 Å². The fourth-order valence-corrected chi connectivity index (χ4v) is 2.27. The Kier molecular flexibility index (Phi) is 3.22. The van der Waals surface area contributed by atoms with Gasteiger partial charge in [-0.2, -0.15) is 0 Å². The molecule has 88 valence electrons. The maximum atomic E-state index is 6.15. The quantitative estimate of drug-likeness (QED) is 0.858. The van der Waals surface area contributed by atoms with Crippen LogP contribution in [0, 0.1) is 13.8 Å². The lowest BCUT2D eigenvalue weighted by molar-refractivity contribution is 1.02. The number of nitrogens with two attached hydrogens (primary N) is 1. The number of benzene rings is 1. The molecule has 1 heterocycles. The van der Waals surface area contributed by atoms with E-state index in [2.05, 4.69) is 9.97 Å². The summed E-state index contributed by atoms with van der Waals surface area (Å²) in [5, 5.41) is 1.13. The van der Waals surface area contributed by atoms with Gasteiger partial charge in [0.15, 0.2) is 0 Å². The molecule has 0 aliphatic carbocycles. The van der Waals surface area contributed by atoms with Gasteiger partial charge < -0.3 is 5.73 Å². The summed E-state index contributed by atoms with van der Waals surface area (Å²) in [5.74, 6) is 1.08. The minimum Gasteiger partial charge on any atom is -0.383 e. The monoisotopic (exact) mass is 267 g/mol. The molecule has 0 saturated heterocycles. The maximum absolute atomic E-state index is 6.15. The minimum absolute atomic E-state index is 0.430. The van der Waals surface area contributed by atoms with E-state index in [1.165, 1.54) is 0 Å². The zero-order valence-corrected chi connectivity index (χ0v) is 11.0. The summed E-state index contributed by atoms with van der Waals surface area (Å²) in [5.41, 5.74) is 8.28. The summed E-state index contributed by atoms with van der Waals surface area (Å²) < 4.78 is 0. The lowest BCUT2D eigenvalue weighted by Crippen LogP contribution is -2.02. The average molecular weight is 268 g/mol.